The Balaban J connectivity index is 2.16. The fraction of sp³-hybridized carbons (Fsp3) is 0.200. The second kappa shape index (κ2) is 5.39. The smallest absolute Gasteiger partial charge is 0.161 e. The van der Waals surface area contributed by atoms with Gasteiger partial charge >= 0.3 is 0 Å². The average Bonchev–Trinajstić information content (AvgIpc) is 2.39. The van der Waals surface area contributed by atoms with Gasteiger partial charge in [0.15, 0.2) is 6.73 Å². The third kappa shape index (κ3) is 2.78. The molecule has 2 heteroatoms. The third-order valence-electron chi connectivity index (χ3n) is 2.81. The van der Waals surface area contributed by atoms with E-state index in [9.17, 15) is 0 Å². The lowest BCUT2D eigenvalue weighted by molar-refractivity contribution is 0.198. The van der Waals surface area contributed by atoms with Crippen molar-refractivity contribution in [3.63, 3.8) is 0 Å². The predicted octanol–water partition coefficient (Wildman–Crippen LogP) is 3.50. The van der Waals surface area contributed by atoms with E-state index in [0.29, 0.717) is 6.73 Å². The van der Waals surface area contributed by atoms with Gasteiger partial charge in [0.2, 0.25) is 0 Å². The van der Waals surface area contributed by atoms with Gasteiger partial charge in [0, 0.05) is 17.8 Å². The Morgan fingerprint density at radius 1 is 1.29 bits per heavy atom. The van der Waals surface area contributed by atoms with Gasteiger partial charge < -0.3 is 9.64 Å². The molecule has 2 rings (SSSR count). The molecule has 0 unspecified atom stereocenters. The minimum Gasteiger partial charge on any atom is -0.477 e. The van der Waals surface area contributed by atoms with Crippen LogP contribution in [0.4, 0.5) is 5.69 Å². The van der Waals surface area contributed by atoms with Gasteiger partial charge in [0.1, 0.15) is 5.76 Å². The lowest BCUT2D eigenvalue weighted by atomic mass is 10.1. The molecule has 0 spiro atoms. The molecular weight excluding hydrogens is 210 g/mol. The van der Waals surface area contributed by atoms with E-state index in [4.69, 9.17) is 4.74 Å². The van der Waals surface area contributed by atoms with Crippen molar-refractivity contribution in [2.24, 2.45) is 0 Å². The molecule has 0 aliphatic carbocycles. The Kier molecular flexibility index (Phi) is 3.66. The van der Waals surface area contributed by atoms with E-state index in [1.165, 1.54) is 11.3 Å². The molecule has 0 aromatic heterocycles. The molecule has 17 heavy (non-hydrogen) atoms. The van der Waals surface area contributed by atoms with Gasteiger partial charge in [-0.3, -0.25) is 0 Å². The lowest BCUT2D eigenvalue weighted by Gasteiger charge is -2.30. The fourth-order valence-electron chi connectivity index (χ4n) is 1.79. The van der Waals surface area contributed by atoms with Crippen molar-refractivity contribution in [3.05, 3.63) is 66.5 Å². The van der Waals surface area contributed by atoms with Gasteiger partial charge in [-0.15, -0.1) is 0 Å². The van der Waals surface area contributed by atoms with Crippen LogP contribution < -0.4 is 4.90 Å². The maximum atomic E-state index is 5.67. The van der Waals surface area contributed by atoms with E-state index in [2.05, 4.69) is 29.7 Å². The van der Waals surface area contributed by atoms with Crippen LogP contribution in [0.25, 0.3) is 0 Å². The molecule has 0 radical (unpaired) electrons. The molecule has 0 bridgehead atoms. The minimum atomic E-state index is 0.612. The topological polar surface area (TPSA) is 12.5 Å². The number of ether oxygens (including phenoxy) is 1. The number of hydrogen-bond donors (Lipinski definition) is 0. The summed E-state index contributed by atoms with van der Waals surface area (Å²) in [6.45, 7) is 7.18. The number of para-hydroxylation sites is 1. The van der Waals surface area contributed by atoms with Crippen molar-refractivity contribution in [3.8, 4) is 0 Å². The first-order valence-corrected chi connectivity index (χ1v) is 5.73. The number of rotatable bonds is 3. The molecule has 0 saturated heterocycles. The standard InChI is InChI=1S/C15H17NO/c1-3-4-8-14-11-16(12-17-13(14)2)15-9-6-5-7-10-15/h3-10H,1,11-12H2,2H3/b8-4-. The number of anilines is 1. The molecule has 1 aliphatic rings. The summed E-state index contributed by atoms with van der Waals surface area (Å²) in [6.07, 6.45) is 5.77. The fourth-order valence-corrected chi connectivity index (χ4v) is 1.79. The predicted molar refractivity (Wildman–Crippen MR) is 71.8 cm³/mol. The molecule has 1 aliphatic heterocycles. The molecule has 0 N–H and O–H groups in total. The number of hydrogen-bond acceptors (Lipinski definition) is 2. The summed E-state index contributed by atoms with van der Waals surface area (Å²) in [5.74, 6) is 0.996. The van der Waals surface area contributed by atoms with Gasteiger partial charge in [0.25, 0.3) is 0 Å². The summed E-state index contributed by atoms with van der Waals surface area (Å²) < 4.78 is 5.67. The van der Waals surface area contributed by atoms with Crippen LogP contribution in [0, 0.1) is 0 Å². The number of allylic oxidation sites excluding steroid dienone is 3. The Hall–Kier alpha value is -1.96. The van der Waals surface area contributed by atoms with Crippen LogP contribution in [0.2, 0.25) is 0 Å². The number of nitrogens with zero attached hydrogens (tertiary/aromatic N) is 1. The summed E-state index contributed by atoms with van der Waals surface area (Å²) in [5.41, 5.74) is 2.38. The van der Waals surface area contributed by atoms with Crippen LogP contribution in [0.5, 0.6) is 0 Å². The Morgan fingerprint density at radius 2 is 2.06 bits per heavy atom. The molecule has 1 aromatic rings. The molecule has 1 aromatic carbocycles. The quantitative estimate of drug-likeness (QED) is 0.733. The van der Waals surface area contributed by atoms with E-state index in [1.807, 2.05) is 31.2 Å². The molecule has 88 valence electrons. The normalized spacial score (nSPS) is 16.2. The SMILES string of the molecule is C=C/C=C\C1=C(C)OCN(c2ccccc2)C1. The van der Waals surface area contributed by atoms with Gasteiger partial charge in [-0.25, -0.2) is 0 Å². The van der Waals surface area contributed by atoms with Crippen LogP contribution >= 0.6 is 0 Å². The maximum absolute atomic E-state index is 5.67. The van der Waals surface area contributed by atoms with Crippen molar-refractivity contribution in [1.82, 2.24) is 0 Å². The molecule has 0 atom stereocenters. The third-order valence-corrected chi connectivity index (χ3v) is 2.81. The van der Waals surface area contributed by atoms with Crippen molar-refractivity contribution in [2.45, 2.75) is 6.92 Å². The monoisotopic (exact) mass is 227 g/mol. The molecule has 0 fully saturated rings. The van der Waals surface area contributed by atoms with Crippen LogP contribution in [0.15, 0.2) is 66.5 Å². The molecule has 1 heterocycles. The second-order valence-electron chi connectivity index (χ2n) is 3.98. The minimum absolute atomic E-state index is 0.612. The van der Waals surface area contributed by atoms with Crippen molar-refractivity contribution >= 4 is 5.69 Å². The summed E-state index contributed by atoms with van der Waals surface area (Å²) in [7, 11) is 0. The highest BCUT2D eigenvalue weighted by Gasteiger charge is 2.15. The highest BCUT2D eigenvalue weighted by molar-refractivity contribution is 5.49. The largest absolute Gasteiger partial charge is 0.477 e. The van der Waals surface area contributed by atoms with E-state index in [-0.39, 0.29) is 0 Å². The van der Waals surface area contributed by atoms with Crippen molar-refractivity contribution in [1.29, 1.82) is 0 Å². The maximum Gasteiger partial charge on any atom is 0.161 e. The van der Waals surface area contributed by atoms with Gasteiger partial charge in [-0.05, 0) is 19.1 Å². The zero-order valence-corrected chi connectivity index (χ0v) is 10.1. The van der Waals surface area contributed by atoms with Crippen molar-refractivity contribution in [2.75, 3.05) is 18.2 Å². The average molecular weight is 227 g/mol. The second-order valence-corrected chi connectivity index (χ2v) is 3.98. The van der Waals surface area contributed by atoms with E-state index < -0.39 is 0 Å². The first-order valence-electron chi connectivity index (χ1n) is 5.73. The molecular formula is C15H17NO. The molecule has 0 amide bonds. The highest BCUT2D eigenvalue weighted by Crippen LogP contribution is 2.22. The summed E-state index contributed by atoms with van der Waals surface area (Å²) in [5, 5.41) is 0. The van der Waals surface area contributed by atoms with E-state index in [1.54, 1.807) is 6.08 Å². The Labute approximate surface area is 103 Å². The lowest BCUT2D eigenvalue weighted by Crippen LogP contribution is -2.32. The summed E-state index contributed by atoms with van der Waals surface area (Å²) >= 11 is 0. The van der Waals surface area contributed by atoms with E-state index >= 15 is 0 Å². The van der Waals surface area contributed by atoms with Crippen molar-refractivity contribution < 1.29 is 4.74 Å². The Morgan fingerprint density at radius 3 is 2.76 bits per heavy atom. The van der Waals surface area contributed by atoms with E-state index in [0.717, 1.165) is 12.3 Å². The zero-order chi connectivity index (χ0) is 12.1. The van der Waals surface area contributed by atoms with Gasteiger partial charge in [-0.2, -0.15) is 0 Å². The van der Waals surface area contributed by atoms with Gasteiger partial charge in [-0.1, -0.05) is 43.0 Å². The summed E-state index contributed by atoms with van der Waals surface area (Å²) in [4.78, 5) is 2.20. The van der Waals surface area contributed by atoms with Gasteiger partial charge in [0.05, 0.1) is 0 Å². The highest BCUT2D eigenvalue weighted by atomic mass is 16.5. The molecule has 0 saturated carbocycles. The van der Waals surface area contributed by atoms with Crippen LogP contribution in [-0.4, -0.2) is 13.3 Å². The zero-order valence-electron chi connectivity index (χ0n) is 10.1. The summed E-state index contributed by atoms with van der Waals surface area (Å²) in [6, 6.07) is 10.3. The van der Waals surface area contributed by atoms with Crippen LogP contribution in [-0.2, 0) is 4.74 Å². The molecule has 2 nitrogen and oxygen atoms in total. The van der Waals surface area contributed by atoms with Crippen LogP contribution in [0.1, 0.15) is 6.92 Å². The first kappa shape index (κ1) is 11.5. The number of benzene rings is 1. The Bertz CT molecular complexity index is 445. The van der Waals surface area contributed by atoms with Crippen LogP contribution in [0.3, 0.4) is 0 Å². The first-order chi connectivity index (χ1) is 8.31.